The number of aromatic nitrogens is 6. The molecule has 0 radical (unpaired) electrons. The number of amides is 2. The van der Waals surface area contributed by atoms with Crippen molar-refractivity contribution < 1.29 is 9.59 Å². The summed E-state index contributed by atoms with van der Waals surface area (Å²) in [5.41, 5.74) is 14.9. The molecule has 26 heavy (non-hydrogen) atoms. The number of azo groups is 1. The number of rotatable bonds is 6. The van der Waals surface area contributed by atoms with E-state index in [1.165, 1.54) is 11.8 Å². The number of nitrogens with two attached hydrogens (primary N) is 2. The van der Waals surface area contributed by atoms with Crippen LogP contribution in [0.1, 0.15) is 0 Å². The number of H-pyrrole nitrogens is 1. The first-order chi connectivity index (χ1) is 12.4. The fourth-order valence-corrected chi connectivity index (χ4v) is 2.45. The van der Waals surface area contributed by atoms with E-state index >= 15 is 0 Å². The van der Waals surface area contributed by atoms with Crippen LogP contribution in [0.15, 0.2) is 15.3 Å². The molecule has 2 amide bonds. The van der Waals surface area contributed by atoms with E-state index < -0.39 is 11.8 Å². The topological polar surface area (TPSA) is 200 Å². The number of hydrogen-bond acceptors (Lipinski definition) is 9. The minimum atomic E-state index is -0.598. The van der Waals surface area contributed by atoms with Crippen LogP contribution in [0.2, 0.25) is 0 Å². The molecule has 14 nitrogen and oxygen atoms in total. The Kier molecular flexibility index (Phi) is 4.30. The van der Waals surface area contributed by atoms with Crippen molar-refractivity contribution in [2.45, 2.75) is 13.1 Å². The molecule has 6 N–H and O–H groups in total. The molecule has 0 spiro atoms. The Morgan fingerprint density at radius 2 is 1.85 bits per heavy atom. The fraction of sp³-hybridized carbons (Fsp3) is 0.333. The minimum Gasteiger partial charge on any atom is -0.368 e. The van der Waals surface area contributed by atoms with Gasteiger partial charge in [0, 0.05) is 14.1 Å². The van der Waals surface area contributed by atoms with E-state index in [-0.39, 0.29) is 13.1 Å². The largest absolute Gasteiger partial charge is 0.368 e. The van der Waals surface area contributed by atoms with Crippen molar-refractivity contribution in [3.8, 4) is 11.4 Å². The Balaban J connectivity index is 2.40. The third-order valence-corrected chi connectivity index (χ3v) is 3.29. The Hall–Kier alpha value is -3.84. The second kappa shape index (κ2) is 6.58. The Labute approximate surface area is 145 Å². The molecule has 0 aromatic carbocycles. The van der Waals surface area contributed by atoms with Crippen molar-refractivity contribution in [2.75, 3.05) is 14.1 Å². The van der Waals surface area contributed by atoms with Crippen LogP contribution >= 0.6 is 0 Å². The first kappa shape index (κ1) is 17.0. The maximum absolute atomic E-state index is 11.2. The van der Waals surface area contributed by atoms with Crippen molar-refractivity contribution in [3.05, 3.63) is 5.36 Å². The van der Waals surface area contributed by atoms with Gasteiger partial charge in [-0.25, -0.2) is 0 Å². The standard InChI is InChI=1S/C12H16N12O2/c1-15-17-7-9-11(21-23(19-9)3-5(13)25)8(18-16-2)12-10(7)20-24(22-12)4-6(14)26/h15,21H,3-4H2,1-2H3,(H2,13,25)(H2,14,26)/b17-7-,18-16?. The monoisotopic (exact) mass is 360 g/mol. The molecule has 3 rings (SSSR count). The molecule has 2 aliphatic rings. The molecular formula is C12H16N12O2. The van der Waals surface area contributed by atoms with Gasteiger partial charge in [-0.05, 0) is 0 Å². The smallest absolute Gasteiger partial charge is 0.241 e. The number of nitrogens with zero attached hydrogens (tertiary/aromatic N) is 8. The van der Waals surface area contributed by atoms with E-state index in [0.717, 1.165) is 4.80 Å². The molecule has 1 aliphatic heterocycles. The van der Waals surface area contributed by atoms with Crippen LogP contribution in [0.3, 0.4) is 0 Å². The molecule has 0 fully saturated rings. The zero-order valence-electron chi connectivity index (χ0n) is 14.0. The van der Waals surface area contributed by atoms with Gasteiger partial charge in [-0.15, -0.1) is 0 Å². The Morgan fingerprint density at radius 1 is 1.15 bits per heavy atom. The molecule has 0 unspecified atom stereocenters. The molecule has 136 valence electrons. The average Bonchev–Trinajstić information content (AvgIpc) is 3.13. The van der Waals surface area contributed by atoms with Crippen molar-refractivity contribution >= 4 is 28.5 Å². The van der Waals surface area contributed by atoms with Gasteiger partial charge in [0.2, 0.25) is 11.8 Å². The lowest BCUT2D eigenvalue weighted by atomic mass is 10.1. The predicted molar refractivity (Wildman–Crippen MR) is 87.7 cm³/mol. The number of carbonyl (C=O) groups is 2. The van der Waals surface area contributed by atoms with E-state index in [1.54, 1.807) is 7.05 Å². The summed E-state index contributed by atoms with van der Waals surface area (Å²) in [6.45, 7) is -0.372. The van der Waals surface area contributed by atoms with Crippen LogP contribution < -0.4 is 22.3 Å². The van der Waals surface area contributed by atoms with Crippen molar-refractivity contribution in [1.29, 1.82) is 0 Å². The highest BCUT2D eigenvalue weighted by Crippen LogP contribution is 2.32. The SMILES string of the molecule is CN=Nc1c2[nH]n(CC(N)=O)nc-2/c(=N/NC)c2nn(CC(N)=O)nc12. The highest BCUT2D eigenvalue weighted by Gasteiger charge is 2.25. The van der Waals surface area contributed by atoms with Crippen molar-refractivity contribution in [3.63, 3.8) is 0 Å². The summed E-state index contributed by atoms with van der Waals surface area (Å²) in [6.07, 6.45) is 0. The number of fused-ring (bicyclic) bond motifs is 2. The lowest BCUT2D eigenvalue weighted by Gasteiger charge is -2.01. The highest BCUT2D eigenvalue weighted by atomic mass is 16.1. The molecule has 14 heteroatoms. The van der Waals surface area contributed by atoms with E-state index in [4.69, 9.17) is 11.5 Å². The second-order valence-corrected chi connectivity index (χ2v) is 5.19. The second-order valence-electron chi connectivity index (χ2n) is 5.19. The van der Waals surface area contributed by atoms with Gasteiger partial charge in [0.1, 0.15) is 46.6 Å². The number of nitrogens with one attached hydrogen (secondary N) is 2. The maximum Gasteiger partial charge on any atom is 0.241 e. The molecule has 2 heterocycles. The molecule has 0 atom stereocenters. The number of aromatic amines is 1. The summed E-state index contributed by atoms with van der Waals surface area (Å²) >= 11 is 0. The van der Waals surface area contributed by atoms with E-state index in [2.05, 4.69) is 41.2 Å². The van der Waals surface area contributed by atoms with Crippen LogP contribution in [0.5, 0.6) is 0 Å². The van der Waals surface area contributed by atoms with Gasteiger partial charge >= 0.3 is 0 Å². The molecule has 1 aliphatic carbocycles. The third-order valence-electron chi connectivity index (χ3n) is 3.29. The quantitative estimate of drug-likeness (QED) is 0.283. The number of benzene rings is 1. The normalized spacial score (nSPS) is 12.5. The lowest BCUT2D eigenvalue weighted by Crippen LogP contribution is -2.21. The van der Waals surface area contributed by atoms with Gasteiger partial charge in [-0.2, -0.15) is 40.2 Å². The average molecular weight is 360 g/mol. The summed E-state index contributed by atoms with van der Waals surface area (Å²) in [7, 11) is 3.10. The molecular weight excluding hydrogens is 344 g/mol. The van der Waals surface area contributed by atoms with E-state index in [1.807, 2.05) is 0 Å². The van der Waals surface area contributed by atoms with Crippen LogP contribution in [-0.4, -0.2) is 55.9 Å². The van der Waals surface area contributed by atoms with Crippen LogP contribution in [0.25, 0.3) is 22.4 Å². The van der Waals surface area contributed by atoms with E-state index in [9.17, 15) is 9.59 Å². The molecule has 1 aromatic rings. The zero-order valence-corrected chi connectivity index (χ0v) is 14.0. The third kappa shape index (κ3) is 2.94. The van der Waals surface area contributed by atoms with Gasteiger partial charge in [0.15, 0.2) is 0 Å². The van der Waals surface area contributed by atoms with Gasteiger partial charge in [-0.3, -0.25) is 14.7 Å². The highest BCUT2D eigenvalue weighted by molar-refractivity contribution is 5.95. The summed E-state index contributed by atoms with van der Waals surface area (Å²) in [5, 5.41) is 28.1. The number of primary amides is 2. The fourth-order valence-electron chi connectivity index (χ4n) is 2.45. The van der Waals surface area contributed by atoms with E-state index in [0.29, 0.717) is 33.5 Å². The first-order valence-electron chi connectivity index (χ1n) is 7.39. The summed E-state index contributed by atoms with van der Waals surface area (Å²) < 4.78 is 0. The predicted octanol–water partition coefficient (Wildman–Crippen LogP) is -2.22. The summed E-state index contributed by atoms with van der Waals surface area (Å²) in [5.74, 6) is -1.17. The number of hydrogen-bond donors (Lipinski definition) is 4. The molecule has 0 bridgehead atoms. The molecule has 1 aromatic heterocycles. The molecule has 0 saturated heterocycles. The van der Waals surface area contributed by atoms with Gasteiger partial charge in [0.25, 0.3) is 0 Å². The molecule has 0 saturated carbocycles. The van der Waals surface area contributed by atoms with Crippen molar-refractivity contribution in [2.24, 2.45) is 26.8 Å². The zero-order chi connectivity index (χ0) is 18.8. The Morgan fingerprint density at radius 3 is 2.46 bits per heavy atom. The van der Waals surface area contributed by atoms with Crippen LogP contribution in [0.4, 0.5) is 5.69 Å². The lowest BCUT2D eigenvalue weighted by molar-refractivity contribution is -0.119. The van der Waals surface area contributed by atoms with Gasteiger partial charge < -0.3 is 16.9 Å². The minimum absolute atomic E-state index is 0.164. The van der Waals surface area contributed by atoms with Gasteiger partial charge in [0.05, 0.1) is 0 Å². The number of carbonyl (C=O) groups excluding carboxylic acids is 2. The van der Waals surface area contributed by atoms with Crippen molar-refractivity contribution in [1.82, 2.24) is 35.4 Å². The summed E-state index contributed by atoms with van der Waals surface area (Å²) in [4.78, 5) is 24.8. The van der Waals surface area contributed by atoms with Crippen LogP contribution in [0, 0.1) is 0 Å². The van der Waals surface area contributed by atoms with Crippen LogP contribution in [-0.2, 0) is 22.7 Å². The van der Waals surface area contributed by atoms with Gasteiger partial charge in [-0.1, -0.05) is 0 Å². The Bertz CT molecular complexity index is 1040. The first-order valence-corrected chi connectivity index (χ1v) is 7.39. The maximum atomic E-state index is 11.2. The summed E-state index contributed by atoms with van der Waals surface area (Å²) in [6, 6.07) is 0.